The van der Waals surface area contributed by atoms with Crippen LogP contribution in [0.4, 0.5) is 5.82 Å². The molecule has 0 aliphatic rings. The first-order chi connectivity index (χ1) is 6.80. The van der Waals surface area contributed by atoms with E-state index >= 15 is 0 Å². The maximum absolute atomic E-state index is 11.3. The van der Waals surface area contributed by atoms with Crippen LogP contribution >= 0.6 is 15.9 Å². The van der Waals surface area contributed by atoms with E-state index in [9.17, 15) is 8.42 Å². The summed E-state index contributed by atoms with van der Waals surface area (Å²) in [6, 6.07) is 1.51. The number of nitrogens with two attached hydrogens (primary N) is 1. The third kappa shape index (κ3) is 3.44. The van der Waals surface area contributed by atoms with E-state index in [2.05, 4.69) is 26.2 Å². The Kier molecular flexibility index (Phi) is 3.69. The minimum absolute atomic E-state index is 0.00873. The van der Waals surface area contributed by atoms with Crippen LogP contribution in [0, 0.1) is 0 Å². The first kappa shape index (κ1) is 12.4. The molecule has 1 aromatic rings. The fourth-order valence-corrected chi connectivity index (χ4v) is 2.17. The standard InChI is InChI=1S/C8H12BrN3O2S/c1-5(2)12-8-7(15(10,13)14)3-6(9)4-11-8/h3-5H,1-2H3,(H,11,12)(H2,10,13,14). The molecule has 0 aromatic carbocycles. The molecule has 1 heterocycles. The van der Waals surface area contributed by atoms with Gasteiger partial charge in [0.15, 0.2) is 0 Å². The molecule has 0 saturated carbocycles. The number of pyridine rings is 1. The smallest absolute Gasteiger partial charge is 0.241 e. The third-order valence-corrected chi connectivity index (χ3v) is 2.91. The van der Waals surface area contributed by atoms with Gasteiger partial charge in [0.05, 0.1) is 0 Å². The average molecular weight is 294 g/mol. The van der Waals surface area contributed by atoms with E-state index in [1.54, 1.807) is 0 Å². The van der Waals surface area contributed by atoms with Crippen LogP contribution in [0.2, 0.25) is 0 Å². The summed E-state index contributed by atoms with van der Waals surface area (Å²) >= 11 is 3.14. The lowest BCUT2D eigenvalue weighted by Crippen LogP contribution is -2.19. The second-order valence-electron chi connectivity index (χ2n) is 3.34. The average Bonchev–Trinajstić information content (AvgIpc) is 2.05. The second-order valence-corrected chi connectivity index (χ2v) is 5.79. The zero-order valence-electron chi connectivity index (χ0n) is 8.36. The van der Waals surface area contributed by atoms with Crippen molar-refractivity contribution in [2.75, 3.05) is 5.32 Å². The normalized spacial score (nSPS) is 11.8. The molecule has 0 amide bonds. The Morgan fingerprint density at radius 3 is 2.60 bits per heavy atom. The predicted molar refractivity (Wildman–Crippen MR) is 62.1 cm³/mol. The summed E-state index contributed by atoms with van der Waals surface area (Å²) in [7, 11) is -3.76. The van der Waals surface area contributed by atoms with Gasteiger partial charge < -0.3 is 5.32 Å². The SMILES string of the molecule is CC(C)Nc1ncc(Br)cc1S(N)(=O)=O. The summed E-state index contributed by atoms with van der Waals surface area (Å²) in [6.45, 7) is 3.77. The quantitative estimate of drug-likeness (QED) is 0.880. The first-order valence-corrected chi connectivity index (χ1v) is 6.59. The number of sulfonamides is 1. The van der Waals surface area contributed by atoms with Gasteiger partial charge in [0.1, 0.15) is 10.7 Å². The van der Waals surface area contributed by atoms with Crippen LogP contribution in [0.5, 0.6) is 0 Å². The van der Waals surface area contributed by atoms with E-state index < -0.39 is 10.0 Å². The lowest BCUT2D eigenvalue weighted by Gasteiger charge is -2.12. The Bertz CT molecular complexity index is 459. The van der Waals surface area contributed by atoms with Crippen molar-refractivity contribution in [1.82, 2.24) is 4.98 Å². The van der Waals surface area contributed by atoms with Gasteiger partial charge in [-0.3, -0.25) is 0 Å². The predicted octanol–water partition coefficient (Wildman–Crippen LogP) is 1.31. The van der Waals surface area contributed by atoms with Crippen molar-refractivity contribution in [1.29, 1.82) is 0 Å². The molecule has 15 heavy (non-hydrogen) atoms. The van der Waals surface area contributed by atoms with E-state index in [0.29, 0.717) is 4.47 Å². The second kappa shape index (κ2) is 4.46. The molecule has 7 heteroatoms. The van der Waals surface area contributed by atoms with Crippen molar-refractivity contribution in [3.63, 3.8) is 0 Å². The van der Waals surface area contributed by atoms with Gasteiger partial charge in [0, 0.05) is 16.7 Å². The largest absolute Gasteiger partial charge is 0.367 e. The Labute approximate surface area is 97.3 Å². The maximum Gasteiger partial charge on any atom is 0.241 e. The van der Waals surface area contributed by atoms with E-state index in [0.717, 1.165) is 0 Å². The molecule has 5 nitrogen and oxygen atoms in total. The van der Waals surface area contributed by atoms with E-state index in [1.807, 2.05) is 13.8 Å². The molecule has 0 fully saturated rings. The lowest BCUT2D eigenvalue weighted by atomic mass is 10.4. The molecule has 0 spiro atoms. The van der Waals surface area contributed by atoms with Crippen LogP contribution in [-0.4, -0.2) is 19.4 Å². The number of primary sulfonamides is 1. The van der Waals surface area contributed by atoms with Gasteiger partial charge >= 0.3 is 0 Å². The number of halogens is 1. The van der Waals surface area contributed by atoms with Crippen LogP contribution in [-0.2, 0) is 10.0 Å². The van der Waals surface area contributed by atoms with Gasteiger partial charge in [-0.15, -0.1) is 0 Å². The molecule has 3 N–H and O–H groups in total. The summed E-state index contributed by atoms with van der Waals surface area (Å²) in [5.74, 6) is 0.274. The van der Waals surface area contributed by atoms with Gasteiger partial charge in [-0.2, -0.15) is 0 Å². The number of anilines is 1. The highest BCUT2D eigenvalue weighted by Crippen LogP contribution is 2.22. The summed E-state index contributed by atoms with van der Waals surface area (Å²) in [6.07, 6.45) is 1.51. The van der Waals surface area contributed by atoms with Gasteiger partial charge in [-0.1, -0.05) is 0 Å². The van der Waals surface area contributed by atoms with Gasteiger partial charge in [-0.05, 0) is 35.8 Å². The highest BCUT2D eigenvalue weighted by Gasteiger charge is 2.16. The van der Waals surface area contributed by atoms with E-state index in [1.165, 1.54) is 12.3 Å². The monoisotopic (exact) mass is 293 g/mol. The molecular formula is C8H12BrN3O2S. The van der Waals surface area contributed by atoms with Crippen molar-refractivity contribution >= 4 is 31.8 Å². The summed E-state index contributed by atoms with van der Waals surface area (Å²) in [5, 5.41) is 7.99. The Hall–Kier alpha value is -0.660. The molecule has 0 saturated heterocycles. The van der Waals surface area contributed by atoms with Gasteiger partial charge in [0.25, 0.3) is 0 Å². The maximum atomic E-state index is 11.3. The summed E-state index contributed by atoms with van der Waals surface area (Å²) in [5.41, 5.74) is 0. The molecule has 0 aliphatic carbocycles. The fourth-order valence-electron chi connectivity index (χ4n) is 1.02. The van der Waals surface area contributed by atoms with Gasteiger partial charge in [0.2, 0.25) is 10.0 Å². The van der Waals surface area contributed by atoms with Crippen LogP contribution < -0.4 is 10.5 Å². The minimum atomic E-state index is -3.76. The Morgan fingerprint density at radius 2 is 2.13 bits per heavy atom. The summed E-state index contributed by atoms with van der Waals surface area (Å²) in [4.78, 5) is 3.96. The highest BCUT2D eigenvalue weighted by molar-refractivity contribution is 9.10. The molecular weight excluding hydrogens is 282 g/mol. The number of nitrogens with zero attached hydrogens (tertiary/aromatic N) is 1. The molecule has 1 aromatic heterocycles. The molecule has 1 rings (SSSR count). The molecule has 0 aliphatic heterocycles. The first-order valence-electron chi connectivity index (χ1n) is 4.25. The van der Waals surface area contributed by atoms with Crippen LogP contribution in [0.15, 0.2) is 21.6 Å². The zero-order valence-corrected chi connectivity index (χ0v) is 10.8. The van der Waals surface area contributed by atoms with Crippen molar-refractivity contribution in [3.05, 3.63) is 16.7 Å². The summed E-state index contributed by atoms with van der Waals surface area (Å²) < 4.78 is 23.1. The topological polar surface area (TPSA) is 85.1 Å². The van der Waals surface area contributed by atoms with Crippen molar-refractivity contribution < 1.29 is 8.42 Å². The van der Waals surface area contributed by atoms with Gasteiger partial charge in [-0.25, -0.2) is 18.5 Å². The van der Waals surface area contributed by atoms with Crippen LogP contribution in [0.25, 0.3) is 0 Å². The van der Waals surface area contributed by atoms with Crippen molar-refractivity contribution in [2.45, 2.75) is 24.8 Å². The lowest BCUT2D eigenvalue weighted by molar-refractivity contribution is 0.597. The number of nitrogens with one attached hydrogen (secondary N) is 1. The number of hydrogen-bond donors (Lipinski definition) is 2. The highest BCUT2D eigenvalue weighted by atomic mass is 79.9. The van der Waals surface area contributed by atoms with Crippen LogP contribution in [0.1, 0.15) is 13.8 Å². The minimum Gasteiger partial charge on any atom is -0.367 e. The zero-order chi connectivity index (χ0) is 11.6. The van der Waals surface area contributed by atoms with E-state index in [4.69, 9.17) is 5.14 Å². The number of aromatic nitrogens is 1. The van der Waals surface area contributed by atoms with Crippen molar-refractivity contribution in [2.24, 2.45) is 5.14 Å². The van der Waals surface area contributed by atoms with Crippen LogP contribution in [0.3, 0.4) is 0 Å². The van der Waals surface area contributed by atoms with E-state index in [-0.39, 0.29) is 16.8 Å². The fraction of sp³-hybridized carbons (Fsp3) is 0.375. The third-order valence-electron chi connectivity index (χ3n) is 1.55. The van der Waals surface area contributed by atoms with Crippen molar-refractivity contribution in [3.8, 4) is 0 Å². The molecule has 0 unspecified atom stereocenters. The molecule has 0 atom stereocenters. The molecule has 0 radical (unpaired) electrons. The molecule has 0 bridgehead atoms. The Morgan fingerprint density at radius 1 is 1.53 bits per heavy atom. The number of hydrogen-bond acceptors (Lipinski definition) is 4. The number of rotatable bonds is 3. The molecule has 84 valence electrons. The Balaban J connectivity index is 3.27.